The Morgan fingerprint density at radius 3 is 2.36 bits per heavy atom. The van der Waals surface area contributed by atoms with Gasteiger partial charge in [0.1, 0.15) is 29.1 Å². The summed E-state index contributed by atoms with van der Waals surface area (Å²) in [4.78, 5) is 42.8. The Hall–Kier alpha value is -4.13. The van der Waals surface area contributed by atoms with Gasteiger partial charge in [-0.1, -0.05) is 11.6 Å². The topological polar surface area (TPSA) is 104 Å². The molecule has 1 saturated carbocycles. The first kappa shape index (κ1) is 29.6. The number of carbonyl (C=O) groups is 2. The standard InChI is InChI=1S/C32H27BrClFN4O6/c33-24-9-1-18(13-25(24)34)31(41)37-11-12-38-28(15-37)29(39(32(38)42)19-2-4-20(5-3-19)44-21-6-7-21)30(40)36-27-10-8-22(14-26(27)35)45-23-16-43-17-23/h1-5,8-10,13-14,21,23H,6-7,11-12,15-17H2,(H,36,40). The van der Waals surface area contributed by atoms with Gasteiger partial charge in [0.05, 0.1) is 48.0 Å². The first-order valence-corrected chi connectivity index (χ1v) is 15.6. The van der Waals surface area contributed by atoms with E-state index in [2.05, 4.69) is 21.2 Å². The quantitative estimate of drug-likeness (QED) is 0.264. The predicted molar refractivity (Wildman–Crippen MR) is 167 cm³/mol. The van der Waals surface area contributed by atoms with Crippen molar-refractivity contribution in [3.63, 3.8) is 0 Å². The summed E-state index contributed by atoms with van der Waals surface area (Å²) in [5, 5.41) is 3.01. The largest absolute Gasteiger partial charge is 0.490 e. The Bertz CT molecular complexity index is 1870. The van der Waals surface area contributed by atoms with Crippen molar-refractivity contribution in [2.75, 3.05) is 25.1 Å². The van der Waals surface area contributed by atoms with Crippen molar-refractivity contribution in [1.82, 2.24) is 14.0 Å². The van der Waals surface area contributed by atoms with Crippen LogP contribution in [0.1, 0.15) is 39.4 Å². The molecule has 3 heterocycles. The van der Waals surface area contributed by atoms with E-state index in [0.717, 1.165) is 12.8 Å². The molecule has 1 aromatic heterocycles. The zero-order valence-electron chi connectivity index (χ0n) is 23.8. The van der Waals surface area contributed by atoms with Crippen LogP contribution in [0, 0.1) is 5.82 Å². The Labute approximate surface area is 270 Å². The minimum absolute atomic E-state index is 0.00598. The van der Waals surface area contributed by atoms with Gasteiger partial charge < -0.3 is 24.4 Å². The van der Waals surface area contributed by atoms with E-state index < -0.39 is 17.4 Å². The highest BCUT2D eigenvalue weighted by atomic mass is 79.9. The van der Waals surface area contributed by atoms with Crippen LogP contribution < -0.4 is 20.5 Å². The number of amides is 2. The molecule has 3 aliphatic rings. The van der Waals surface area contributed by atoms with Crippen LogP contribution in [0.2, 0.25) is 5.02 Å². The van der Waals surface area contributed by atoms with E-state index in [1.165, 1.54) is 21.3 Å². The smallest absolute Gasteiger partial charge is 0.333 e. The van der Waals surface area contributed by atoms with E-state index in [1.807, 2.05) is 0 Å². The average molecular weight is 698 g/mol. The lowest BCUT2D eigenvalue weighted by Crippen LogP contribution is -2.41. The first-order valence-electron chi connectivity index (χ1n) is 14.5. The van der Waals surface area contributed by atoms with E-state index >= 15 is 4.39 Å². The lowest BCUT2D eigenvalue weighted by atomic mass is 10.1. The third-order valence-corrected chi connectivity index (χ3v) is 9.10. The van der Waals surface area contributed by atoms with Crippen molar-refractivity contribution in [2.45, 2.75) is 38.1 Å². The van der Waals surface area contributed by atoms with Gasteiger partial charge in [0, 0.05) is 29.2 Å². The van der Waals surface area contributed by atoms with Crippen molar-refractivity contribution in [2.24, 2.45) is 0 Å². The summed E-state index contributed by atoms with van der Waals surface area (Å²) < 4.78 is 35.2. The maximum Gasteiger partial charge on any atom is 0.333 e. The molecule has 2 amide bonds. The number of hydrogen-bond acceptors (Lipinski definition) is 6. The minimum Gasteiger partial charge on any atom is -0.490 e. The third-order valence-electron chi connectivity index (χ3n) is 7.87. The molecular weight excluding hydrogens is 671 g/mol. The number of fused-ring (bicyclic) bond motifs is 1. The lowest BCUT2D eigenvalue weighted by molar-refractivity contribution is -0.0797. The fraction of sp³-hybridized carbons (Fsp3) is 0.281. The van der Waals surface area contributed by atoms with Crippen LogP contribution in [-0.2, 0) is 17.8 Å². The third kappa shape index (κ3) is 5.97. The van der Waals surface area contributed by atoms with E-state index in [9.17, 15) is 14.4 Å². The van der Waals surface area contributed by atoms with E-state index in [0.29, 0.717) is 51.2 Å². The van der Waals surface area contributed by atoms with Crippen LogP contribution in [0.5, 0.6) is 11.5 Å². The van der Waals surface area contributed by atoms with Crippen LogP contribution in [0.3, 0.4) is 0 Å². The van der Waals surface area contributed by atoms with Gasteiger partial charge in [-0.05, 0) is 83.4 Å². The summed E-state index contributed by atoms with van der Waals surface area (Å²) in [6.45, 7) is 1.23. The normalized spacial score (nSPS) is 16.1. The van der Waals surface area contributed by atoms with Crippen molar-refractivity contribution < 1.29 is 28.2 Å². The molecule has 45 heavy (non-hydrogen) atoms. The highest BCUT2D eigenvalue weighted by Crippen LogP contribution is 2.30. The van der Waals surface area contributed by atoms with Crippen molar-refractivity contribution in [3.8, 4) is 17.2 Å². The van der Waals surface area contributed by atoms with Crippen molar-refractivity contribution in [3.05, 3.63) is 103 Å². The van der Waals surface area contributed by atoms with Gasteiger partial charge in [0.25, 0.3) is 11.8 Å². The van der Waals surface area contributed by atoms with Gasteiger partial charge in [-0.3, -0.25) is 18.7 Å². The molecular formula is C32H27BrClFN4O6. The van der Waals surface area contributed by atoms with Gasteiger partial charge in [-0.25, -0.2) is 9.18 Å². The second-order valence-electron chi connectivity index (χ2n) is 11.1. The molecule has 0 radical (unpaired) electrons. The molecule has 7 rings (SSSR count). The highest BCUT2D eigenvalue weighted by molar-refractivity contribution is 9.10. The Kier molecular flexibility index (Phi) is 7.88. The van der Waals surface area contributed by atoms with Gasteiger partial charge >= 0.3 is 5.69 Å². The number of imidazole rings is 1. The minimum atomic E-state index is -0.708. The summed E-state index contributed by atoms with van der Waals surface area (Å²) in [7, 11) is 0. The summed E-state index contributed by atoms with van der Waals surface area (Å²) in [5.41, 5.74) is 0.583. The Morgan fingerprint density at radius 1 is 0.956 bits per heavy atom. The summed E-state index contributed by atoms with van der Waals surface area (Å²) >= 11 is 9.58. The summed E-state index contributed by atoms with van der Waals surface area (Å²) in [5.74, 6) is -0.740. The maximum absolute atomic E-state index is 15.2. The number of aromatic nitrogens is 2. The molecule has 10 nitrogen and oxygen atoms in total. The molecule has 0 unspecified atom stereocenters. The predicted octanol–water partition coefficient (Wildman–Crippen LogP) is 5.42. The zero-order chi connectivity index (χ0) is 31.2. The fourth-order valence-electron chi connectivity index (χ4n) is 5.30. The second-order valence-corrected chi connectivity index (χ2v) is 12.4. The number of benzene rings is 3. The Balaban J connectivity index is 1.23. The number of halogens is 3. The summed E-state index contributed by atoms with van der Waals surface area (Å²) in [6, 6.07) is 16.0. The molecule has 4 aromatic rings. The van der Waals surface area contributed by atoms with Gasteiger partial charge in [0.15, 0.2) is 0 Å². The molecule has 232 valence electrons. The van der Waals surface area contributed by atoms with Crippen molar-refractivity contribution in [1.29, 1.82) is 0 Å². The molecule has 0 spiro atoms. The zero-order valence-corrected chi connectivity index (χ0v) is 26.1. The fourth-order valence-corrected chi connectivity index (χ4v) is 5.72. The Morgan fingerprint density at radius 2 is 1.69 bits per heavy atom. The van der Waals surface area contributed by atoms with Crippen LogP contribution >= 0.6 is 27.5 Å². The molecule has 1 N–H and O–H groups in total. The second kappa shape index (κ2) is 12.0. The number of ether oxygens (including phenoxy) is 3. The molecule has 13 heteroatoms. The number of rotatable bonds is 8. The number of nitrogens with one attached hydrogen (secondary N) is 1. The molecule has 3 aromatic carbocycles. The maximum atomic E-state index is 15.2. The number of anilines is 1. The van der Waals surface area contributed by atoms with E-state index in [-0.39, 0.29) is 49.1 Å². The molecule has 0 atom stereocenters. The van der Waals surface area contributed by atoms with Crippen LogP contribution in [-0.4, -0.2) is 57.8 Å². The number of hydrogen-bond donors (Lipinski definition) is 1. The average Bonchev–Trinajstić information content (AvgIpc) is 3.78. The van der Waals surface area contributed by atoms with Gasteiger partial charge in [0.2, 0.25) is 0 Å². The first-order chi connectivity index (χ1) is 21.7. The highest BCUT2D eigenvalue weighted by Gasteiger charge is 2.33. The van der Waals surface area contributed by atoms with Crippen LogP contribution in [0.25, 0.3) is 5.69 Å². The monoisotopic (exact) mass is 696 g/mol. The van der Waals surface area contributed by atoms with Crippen LogP contribution in [0.4, 0.5) is 10.1 Å². The molecule has 2 aliphatic heterocycles. The lowest BCUT2D eigenvalue weighted by Gasteiger charge is -2.28. The molecule has 1 saturated heterocycles. The van der Waals surface area contributed by atoms with E-state index in [1.54, 1.807) is 53.4 Å². The SMILES string of the molecule is O=C(Nc1ccc(OC2COC2)cc1F)c1c2n(c(=O)n1-c1ccc(OC3CC3)cc1)CCN(C(=O)c1ccc(Br)c(Cl)c1)C2. The molecule has 1 aliphatic carbocycles. The van der Waals surface area contributed by atoms with Gasteiger partial charge in [-0.2, -0.15) is 0 Å². The molecule has 2 fully saturated rings. The number of carbonyl (C=O) groups excluding carboxylic acids is 2. The van der Waals surface area contributed by atoms with Crippen molar-refractivity contribution >= 4 is 45.0 Å². The van der Waals surface area contributed by atoms with Crippen LogP contribution in [0.15, 0.2) is 69.9 Å². The molecule has 0 bridgehead atoms. The van der Waals surface area contributed by atoms with Gasteiger partial charge in [-0.15, -0.1) is 0 Å². The number of nitrogens with zero attached hydrogens (tertiary/aromatic N) is 3. The summed E-state index contributed by atoms with van der Waals surface area (Å²) in [6.07, 6.45) is 2.04. The van der Waals surface area contributed by atoms with E-state index in [4.69, 9.17) is 25.8 Å².